The summed E-state index contributed by atoms with van der Waals surface area (Å²) in [5.41, 5.74) is 7.45. The second kappa shape index (κ2) is 41.6. The molecule has 15 fully saturated rings. The third kappa shape index (κ3) is 23.1. The fourth-order valence-corrected chi connectivity index (χ4v) is 21.7. The standard InChI is InChI=1S/C23H30N4O.C20H26N4O.C19H25Cl2N3O.2C18H26N4O/c1-17-15-22(20-6-2-3-7-21(20)24-17)25-11-13-26(14-12-25)23(28)18-5-4-10-27(16-18)19-8-9-19;21-14-16-3-5-18(6-4-16)22-10-12-23(13-11-22)20(25)17-2-1-9-24(15-17)19-7-8-19;20-15-10-16(21)12-18(11-15)22-6-8-23(9-7-22)19(25)14-2-1-5-24(13-14)17-3-4-17;23-18(15-2-1-9-22(14-15)16-3-4-16)21-12-10-20(11-13-21)17-5-7-19-8-6-17;23-18(15-4-3-9-22(14-15)16-6-7-16)21-12-10-20(11-13-21)17-5-1-2-8-19-17/h2-3,6-7,15,18-19H,4-5,8-14,16H2,1H3;3-6,17,19H,1-2,7-13,15H2;10-12,14,17H,1-9,13H2;5-8,15-16H,1-4,9-14H2;1-2,5,8,15-16H,3-4,6-7,9-14H2. The number of likely N-dealkylation sites (tertiary alicyclic amines) is 5. The Kier molecular flexibility index (Phi) is 29.4. The van der Waals surface area contributed by atoms with E-state index in [2.05, 4.69) is 126 Å². The molecule has 15 aliphatic rings. The van der Waals surface area contributed by atoms with Gasteiger partial charge in [0.15, 0.2) is 0 Å². The van der Waals surface area contributed by atoms with E-state index < -0.39 is 0 Å². The Bertz CT molecular complexity index is 4450. The highest BCUT2D eigenvalue weighted by Crippen LogP contribution is 2.39. The number of para-hydroxylation sites is 1. The van der Waals surface area contributed by atoms with E-state index in [4.69, 9.17) is 28.5 Å². The van der Waals surface area contributed by atoms with Gasteiger partial charge in [-0.2, -0.15) is 5.26 Å². The number of benzene rings is 3. The van der Waals surface area contributed by atoms with E-state index in [9.17, 15) is 24.0 Å². The molecule has 5 aliphatic carbocycles. The summed E-state index contributed by atoms with van der Waals surface area (Å²) in [5, 5.41) is 11.4. The van der Waals surface area contributed by atoms with Gasteiger partial charge in [0, 0.05) is 256 Å². The third-order valence-electron chi connectivity index (χ3n) is 29.0. The maximum absolute atomic E-state index is 13.1. The lowest BCUT2D eigenvalue weighted by molar-refractivity contribution is -0.138. The van der Waals surface area contributed by atoms with Crippen LogP contribution < -0.4 is 24.5 Å². The van der Waals surface area contributed by atoms with E-state index in [0.717, 1.165) is 267 Å². The van der Waals surface area contributed by atoms with Gasteiger partial charge in [-0.05, 0) is 247 Å². The number of pyridine rings is 3. The number of nitriles is 1. The van der Waals surface area contributed by atoms with Crippen LogP contribution in [0.15, 0.2) is 122 Å². The number of carbonyl (C=O) groups excluding carboxylic acids is 5. The first-order chi connectivity index (χ1) is 60.6. The van der Waals surface area contributed by atoms with E-state index >= 15 is 0 Å². The molecule has 10 saturated heterocycles. The molecule has 0 bridgehead atoms. The van der Waals surface area contributed by atoms with Crippen molar-refractivity contribution in [1.82, 2.24) is 64.0 Å². The van der Waals surface area contributed by atoms with E-state index in [1.165, 1.54) is 133 Å². The largest absolute Gasteiger partial charge is 0.368 e. The fourth-order valence-electron chi connectivity index (χ4n) is 21.2. The first-order valence-electron chi connectivity index (χ1n) is 47.7. The Labute approximate surface area is 746 Å². The molecule has 5 amide bonds. The molecule has 664 valence electrons. The molecule has 21 rings (SSSR count). The van der Waals surface area contributed by atoms with Crippen LogP contribution in [0.3, 0.4) is 0 Å². The molecular weight excluding hydrogens is 1590 g/mol. The zero-order valence-electron chi connectivity index (χ0n) is 73.5. The number of halogens is 2. The van der Waals surface area contributed by atoms with Crippen LogP contribution in [0, 0.1) is 47.8 Å². The number of carbonyl (C=O) groups is 5. The summed E-state index contributed by atoms with van der Waals surface area (Å²) < 4.78 is 0. The van der Waals surface area contributed by atoms with Gasteiger partial charge < -0.3 is 49.0 Å². The van der Waals surface area contributed by atoms with E-state index in [0.29, 0.717) is 45.1 Å². The Morgan fingerprint density at radius 2 is 0.669 bits per heavy atom. The van der Waals surface area contributed by atoms with E-state index in [1.54, 1.807) is 6.07 Å². The predicted molar refractivity (Wildman–Crippen MR) is 493 cm³/mol. The van der Waals surface area contributed by atoms with Crippen LogP contribution in [0.5, 0.6) is 0 Å². The van der Waals surface area contributed by atoms with E-state index in [1.807, 2.05) is 91.4 Å². The number of anilines is 5. The first kappa shape index (κ1) is 87.7. The first-order valence-corrected chi connectivity index (χ1v) is 48.4. The molecule has 3 aromatic heterocycles. The van der Waals surface area contributed by atoms with E-state index in [-0.39, 0.29) is 29.6 Å². The highest BCUT2D eigenvalue weighted by Gasteiger charge is 2.43. The third-order valence-corrected chi connectivity index (χ3v) is 29.5. The number of piperidine rings is 5. The fraction of sp³-hybridized carbons (Fsp3) is 0.622. The van der Waals surface area contributed by atoms with Gasteiger partial charge in [0.05, 0.1) is 46.7 Å². The van der Waals surface area contributed by atoms with Crippen molar-refractivity contribution in [3.63, 3.8) is 0 Å². The molecule has 5 unspecified atom stereocenters. The van der Waals surface area contributed by atoms with Crippen LogP contribution >= 0.6 is 23.2 Å². The molecule has 5 atom stereocenters. The molecule has 26 heteroatoms. The summed E-state index contributed by atoms with van der Waals surface area (Å²) in [6.07, 6.45) is 30.0. The van der Waals surface area contributed by atoms with Gasteiger partial charge in [0.25, 0.3) is 0 Å². The number of hydrogen-bond acceptors (Lipinski definition) is 19. The number of hydrogen-bond donors (Lipinski definition) is 0. The van der Waals surface area contributed by atoms with Crippen molar-refractivity contribution in [3.05, 3.63) is 143 Å². The molecule has 124 heavy (non-hydrogen) atoms. The lowest BCUT2D eigenvalue weighted by Gasteiger charge is -2.40. The summed E-state index contributed by atoms with van der Waals surface area (Å²) in [6.45, 7) is 29.9. The van der Waals surface area contributed by atoms with Gasteiger partial charge >= 0.3 is 0 Å². The smallest absolute Gasteiger partial charge is 0.227 e. The SMILES string of the molecule is Cc1cc(N2CCN(C(=O)C3CCCN(C4CC4)C3)CC2)c2ccccc2n1.N#Cc1ccc(N2CCN(C(=O)C3CCCN(C4CC4)C3)CC2)cc1.O=C(C1CCCN(C2CC2)C1)N1CCN(c2cc(Cl)cc(Cl)c2)CC1.O=C(C1CCCN(C2CC2)C1)N1CCN(c2ccccn2)CC1.O=C(C1CCCN(C2CC2)C1)N1CCN(c2ccncc2)CC1. The lowest BCUT2D eigenvalue weighted by Crippen LogP contribution is -2.53. The van der Waals surface area contributed by atoms with Crippen LogP contribution in [-0.2, 0) is 24.0 Å². The van der Waals surface area contributed by atoms with Crippen molar-refractivity contribution in [2.24, 2.45) is 29.6 Å². The van der Waals surface area contributed by atoms with Crippen molar-refractivity contribution in [1.29, 1.82) is 5.26 Å². The maximum Gasteiger partial charge on any atom is 0.227 e. The number of aryl methyl sites for hydroxylation is 1. The monoisotopic (exact) mass is 1730 g/mol. The molecule has 6 aromatic rings. The minimum absolute atomic E-state index is 0.196. The summed E-state index contributed by atoms with van der Waals surface area (Å²) >= 11 is 12.2. The van der Waals surface area contributed by atoms with Gasteiger partial charge in [0.2, 0.25) is 29.5 Å². The normalized spacial score (nSPS) is 25.3. The van der Waals surface area contributed by atoms with Gasteiger partial charge in [-0.25, -0.2) is 4.98 Å². The van der Waals surface area contributed by atoms with Gasteiger partial charge in [-0.3, -0.25) is 58.4 Å². The molecule has 3 aromatic carbocycles. The highest BCUT2D eigenvalue weighted by molar-refractivity contribution is 6.35. The van der Waals surface area contributed by atoms with Crippen LogP contribution in [0.1, 0.15) is 140 Å². The number of piperazine rings is 5. The molecule has 10 aliphatic heterocycles. The van der Waals surface area contributed by atoms with Gasteiger partial charge in [-0.15, -0.1) is 0 Å². The van der Waals surface area contributed by atoms with Crippen LogP contribution in [0.4, 0.5) is 28.6 Å². The summed E-state index contributed by atoms with van der Waals surface area (Å²) in [4.78, 5) is 113. The zero-order chi connectivity index (χ0) is 85.0. The van der Waals surface area contributed by atoms with Crippen molar-refractivity contribution in [3.8, 4) is 6.07 Å². The van der Waals surface area contributed by atoms with Crippen LogP contribution in [0.25, 0.3) is 10.9 Å². The van der Waals surface area contributed by atoms with Crippen LogP contribution in [0.2, 0.25) is 10.0 Å². The summed E-state index contributed by atoms with van der Waals surface area (Å²) in [5.74, 6) is 3.99. The quantitative estimate of drug-likeness (QED) is 0.0940. The van der Waals surface area contributed by atoms with Crippen molar-refractivity contribution in [2.45, 2.75) is 166 Å². The second-order valence-corrected chi connectivity index (χ2v) is 38.7. The highest BCUT2D eigenvalue weighted by atomic mass is 35.5. The average Bonchev–Trinajstić information content (AvgIpc) is 1.05. The lowest BCUT2D eigenvalue weighted by atomic mass is 9.96. The molecule has 0 N–H and O–H groups in total. The van der Waals surface area contributed by atoms with Crippen molar-refractivity contribution in [2.75, 3.05) is 221 Å². The minimum atomic E-state index is 0.196. The number of nitrogens with zero attached hydrogens (tertiary/aromatic N) is 19. The number of aromatic nitrogens is 3. The molecule has 24 nitrogen and oxygen atoms in total. The summed E-state index contributed by atoms with van der Waals surface area (Å²) in [7, 11) is 0. The topological polar surface area (TPSA) is 196 Å². The average molecular weight is 1730 g/mol. The Hall–Kier alpha value is -8.41. The van der Waals surface area contributed by atoms with Crippen molar-refractivity contribution < 1.29 is 24.0 Å². The molecule has 0 spiro atoms. The van der Waals surface area contributed by atoms with Crippen molar-refractivity contribution >= 4 is 92.2 Å². The maximum atomic E-state index is 13.1. The number of amides is 5. The molecule has 5 saturated carbocycles. The number of fused-ring (bicyclic) bond motifs is 1. The Balaban J connectivity index is 0.000000110. The Morgan fingerprint density at radius 1 is 0.339 bits per heavy atom. The minimum Gasteiger partial charge on any atom is -0.368 e. The Morgan fingerprint density at radius 3 is 1.02 bits per heavy atom. The van der Waals surface area contributed by atoms with Gasteiger partial charge in [-0.1, -0.05) is 47.5 Å². The van der Waals surface area contributed by atoms with Crippen LogP contribution in [-0.4, -0.2) is 320 Å². The molecule has 0 radical (unpaired) electrons. The van der Waals surface area contributed by atoms with Gasteiger partial charge in [0.1, 0.15) is 5.82 Å². The zero-order valence-corrected chi connectivity index (χ0v) is 75.0. The predicted octanol–water partition coefficient (Wildman–Crippen LogP) is 11.9. The molecular formula is C98H133Cl2N19O5. The molecule has 13 heterocycles. The summed E-state index contributed by atoms with van der Waals surface area (Å²) in [6, 6.07) is 40.1. The number of rotatable bonds is 15. The second-order valence-electron chi connectivity index (χ2n) is 37.9.